The molecule has 0 spiro atoms. The Kier molecular flexibility index (Phi) is 5.59. The van der Waals surface area contributed by atoms with Gasteiger partial charge in [0.2, 0.25) is 0 Å². The van der Waals surface area contributed by atoms with Crippen LogP contribution in [0.1, 0.15) is 11.1 Å². The van der Waals surface area contributed by atoms with Gasteiger partial charge in [-0.05, 0) is 18.2 Å². The number of nitrogens with one attached hydrogen (secondary N) is 1. The summed E-state index contributed by atoms with van der Waals surface area (Å²) >= 11 is 3.50. The molecule has 0 heterocycles. The highest BCUT2D eigenvalue weighted by Gasteiger charge is 2.08. The summed E-state index contributed by atoms with van der Waals surface area (Å²) in [5, 5.41) is 3.24. The van der Waals surface area contributed by atoms with Crippen molar-refractivity contribution in [2.45, 2.75) is 13.2 Å². The highest BCUT2D eigenvalue weighted by molar-refractivity contribution is 9.10. The molecular formula is C16H17BrFNO2. The molecule has 0 aliphatic heterocycles. The maximum absolute atomic E-state index is 13.9. The third-order valence-corrected chi connectivity index (χ3v) is 3.88. The molecule has 0 aliphatic carbocycles. The predicted molar refractivity (Wildman–Crippen MR) is 85.1 cm³/mol. The third-order valence-electron chi connectivity index (χ3n) is 3.14. The first-order chi connectivity index (χ1) is 10.2. The summed E-state index contributed by atoms with van der Waals surface area (Å²) in [4.78, 5) is 0. The van der Waals surface area contributed by atoms with Gasteiger partial charge in [0.25, 0.3) is 0 Å². The Morgan fingerprint density at radius 3 is 2.67 bits per heavy atom. The number of benzene rings is 2. The fourth-order valence-corrected chi connectivity index (χ4v) is 2.48. The van der Waals surface area contributed by atoms with Gasteiger partial charge in [0.15, 0.2) is 0 Å². The van der Waals surface area contributed by atoms with Gasteiger partial charge in [-0.25, -0.2) is 4.39 Å². The van der Waals surface area contributed by atoms with Crippen LogP contribution in [0.15, 0.2) is 40.9 Å². The Labute approximate surface area is 132 Å². The average Bonchev–Trinajstić information content (AvgIpc) is 2.49. The predicted octanol–water partition coefficient (Wildman–Crippen LogP) is 4.36. The van der Waals surface area contributed by atoms with Gasteiger partial charge in [-0.2, -0.15) is 0 Å². The summed E-state index contributed by atoms with van der Waals surface area (Å²) in [6.45, 7) is 0.873. The van der Waals surface area contributed by atoms with Gasteiger partial charge in [-0.3, -0.25) is 0 Å². The lowest BCUT2D eigenvalue weighted by Gasteiger charge is -2.14. The molecule has 2 rings (SSSR count). The number of hydrogen-bond donors (Lipinski definition) is 1. The minimum absolute atomic E-state index is 0.287. The van der Waals surface area contributed by atoms with Crippen molar-refractivity contribution in [2.24, 2.45) is 0 Å². The monoisotopic (exact) mass is 353 g/mol. The fourth-order valence-electron chi connectivity index (χ4n) is 2.00. The lowest BCUT2D eigenvalue weighted by molar-refractivity contribution is 0.185. The van der Waals surface area contributed by atoms with E-state index in [1.54, 1.807) is 19.2 Å². The molecule has 0 aliphatic rings. The summed E-state index contributed by atoms with van der Waals surface area (Å²) in [6, 6.07) is 10.7. The van der Waals surface area contributed by atoms with E-state index in [0.29, 0.717) is 24.5 Å². The van der Waals surface area contributed by atoms with E-state index in [4.69, 9.17) is 9.47 Å². The van der Waals surface area contributed by atoms with Crippen molar-refractivity contribution in [3.05, 3.63) is 57.8 Å². The van der Waals surface area contributed by atoms with E-state index in [1.807, 2.05) is 18.2 Å². The molecule has 0 fully saturated rings. The summed E-state index contributed by atoms with van der Waals surface area (Å²) in [5.74, 6) is 0.226. The SMILES string of the molecule is COCc1c(Br)cccc1NCc1ccc(OC)cc1F. The number of methoxy groups -OCH3 is 2. The van der Waals surface area contributed by atoms with Crippen LogP contribution >= 0.6 is 15.9 Å². The van der Waals surface area contributed by atoms with E-state index in [0.717, 1.165) is 15.7 Å². The maximum atomic E-state index is 13.9. The number of ether oxygens (including phenoxy) is 2. The van der Waals surface area contributed by atoms with Crippen molar-refractivity contribution in [1.82, 2.24) is 0 Å². The standard InChI is InChI=1S/C16H17BrFNO2/c1-20-10-13-14(17)4-3-5-16(13)19-9-11-6-7-12(21-2)8-15(11)18/h3-8,19H,9-10H2,1-2H3. The molecule has 5 heteroatoms. The van der Waals surface area contributed by atoms with Gasteiger partial charge in [0, 0.05) is 41.0 Å². The van der Waals surface area contributed by atoms with Gasteiger partial charge in [-0.15, -0.1) is 0 Å². The Morgan fingerprint density at radius 1 is 1.19 bits per heavy atom. The van der Waals surface area contributed by atoms with Crippen LogP contribution in [0, 0.1) is 5.82 Å². The molecule has 2 aromatic carbocycles. The van der Waals surface area contributed by atoms with Crippen LogP contribution in [0.2, 0.25) is 0 Å². The zero-order chi connectivity index (χ0) is 15.2. The number of rotatable bonds is 6. The molecule has 0 aromatic heterocycles. The molecule has 0 saturated carbocycles. The molecule has 21 heavy (non-hydrogen) atoms. The average molecular weight is 354 g/mol. The van der Waals surface area contributed by atoms with Crippen molar-refractivity contribution in [3.63, 3.8) is 0 Å². The fraction of sp³-hybridized carbons (Fsp3) is 0.250. The number of halogens is 2. The maximum Gasteiger partial charge on any atom is 0.131 e. The first kappa shape index (κ1) is 15.8. The minimum atomic E-state index is -0.287. The van der Waals surface area contributed by atoms with Crippen LogP contribution in [-0.4, -0.2) is 14.2 Å². The van der Waals surface area contributed by atoms with E-state index in [-0.39, 0.29) is 5.82 Å². The Hall–Kier alpha value is -1.59. The van der Waals surface area contributed by atoms with Crippen molar-refractivity contribution < 1.29 is 13.9 Å². The van der Waals surface area contributed by atoms with Crippen LogP contribution in [0.25, 0.3) is 0 Å². The minimum Gasteiger partial charge on any atom is -0.497 e. The number of hydrogen-bond acceptors (Lipinski definition) is 3. The second kappa shape index (κ2) is 7.43. The third kappa shape index (κ3) is 3.95. The van der Waals surface area contributed by atoms with Crippen molar-refractivity contribution in [3.8, 4) is 5.75 Å². The van der Waals surface area contributed by atoms with Crippen LogP contribution in [0.5, 0.6) is 5.75 Å². The summed E-state index contributed by atoms with van der Waals surface area (Å²) in [5.41, 5.74) is 2.51. The molecule has 0 bridgehead atoms. The van der Waals surface area contributed by atoms with E-state index >= 15 is 0 Å². The quantitative estimate of drug-likeness (QED) is 0.836. The highest BCUT2D eigenvalue weighted by atomic mass is 79.9. The first-order valence-electron chi connectivity index (χ1n) is 6.48. The largest absolute Gasteiger partial charge is 0.497 e. The van der Waals surface area contributed by atoms with Crippen LogP contribution in [-0.2, 0) is 17.9 Å². The lowest BCUT2D eigenvalue weighted by Crippen LogP contribution is -2.05. The lowest BCUT2D eigenvalue weighted by atomic mass is 10.1. The second-order valence-electron chi connectivity index (χ2n) is 4.51. The van der Waals surface area contributed by atoms with Crippen LogP contribution in [0.4, 0.5) is 10.1 Å². The molecule has 0 atom stereocenters. The van der Waals surface area contributed by atoms with Gasteiger partial charge in [-0.1, -0.05) is 28.1 Å². The van der Waals surface area contributed by atoms with Crippen molar-refractivity contribution in [1.29, 1.82) is 0 Å². The molecule has 3 nitrogen and oxygen atoms in total. The van der Waals surface area contributed by atoms with E-state index in [9.17, 15) is 4.39 Å². The van der Waals surface area contributed by atoms with Gasteiger partial charge >= 0.3 is 0 Å². The molecular weight excluding hydrogens is 337 g/mol. The van der Waals surface area contributed by atoms with Crippen molar-refractivity contribution >= 4 is 21.6 Å². The zero-order valence-electron chi connectivity index (χ0n) is 12.0. The molecule has 112 valence electrons. The topological polar surface area (TPSA) is 30.5 Å². The molecule has 2 aromatic rings. The molecule has 0 unspecified atom stereocenters. The second-order valence-corrected chi connectivity index (χ2v) is 5.36. The number of anilines is 1. The Morgan fingerprint density at radius 2 is 2.00 bits per heavy atom. The molecule has 0 amide bonds. The zero-order valence-corrected chi connectivity index (χ0v) is 13.5. The smallest absolute Gasteiger partial charge is 0.131 e. The van der Waals surface area contributed by atoms with Crippen LogP contribution in [0.3, 0.4) is 0 Å². The summed E-state index contributed by atoms with van der Waals surface area (Å²) in [7, 11) is 3.16. The van der Waals surface area contributed by atoms with E-state index < -0.39 is 0 Å². The Bertz CT molecular complexity index is 619. The van der Waals surface area contributed by atoms with Crippen LogP contribution < -0.4 is 10.1 Å². The highest BCUT2D eigenvalue weighted by Crippen LogP contribution is 2.26. The Balaban J connectivity index is 2.15. The van der Waals surface area contributed by atoms with Gasteiger partial charge in [0.05, 0.1) is 13.7 Å². The molecule has 0 radical (unpaired) electrons. The first-order valence-corrected chi connectivity index (χ1v) is 7.27. The van der Waals surface area contributed by atoms with Gasteiger partial charge < -0.3 is 14.8 Å². The van der Waals surface area contributed by atoms with Crippen molar-refractivity contribution in [2.75, 3.05) is 19.5 Å². The van der Waals surface area contributed by atoms with Gasteiger partial charge in [0.1, 0.15) is 11.6 Å². The van der Waals surface area contributed by atoms with E-state index in [2.05, 4.69) is 21.2 Å². The molecule has 0 saturated heterocycles. The van der Waals surface area contributed by atoms with E-state index in [1.165, 1.54) is 13.2 Å². The normalized spacial score (nSPS) is 10.5. The summed E-state index contributed by atoms with van der Waals surface area (Å²) < 4.78 is 25.1. The summed E-state index contributed by atoms with van der Waals surface area (Å²) in [6.07, 6.45) is 0. The molecule has 1 N–H and O–H groups in total.